The monoisotopic (exact) mass is 375 g/mol. The van der Waals surface area contributed by atoms with Gasteiger partial charge in [0, 0.05) is 19.3 Å². The van der Waals surface area contributed by atoms with Crippen molar-refractivity contribution in [3.63, 3.8) is 0 Å². The van der Waals surface area contributed by atoms with Gasteiger partial charge in [0.25, 0.3) is 5.91 Å². The molecule has 0 bridgehead atoms. The van der Waals surface area contributed by atoms with Crippen molar-refractivity contribution in [3.8, 4) is 16.9 Å². The van der Waals surface area contributed by atoms with Crippen molar-refractivity contribution in [3.05, 3.63) is 71.5 Å². The number of carbonyl (C=O) groups is 1. The summed E-state index contributed by atoms with van der Waals surface area (Å²) in [4.78, 5) is 14.9. The van der Waals surface area contributed by atoms with Gasteiger partial charge in [-0.25, -0.2) is 0 Å². The van der Waals surface area contributed by atoms with Gasteiger partial charge in [0.05, 0.1) is 13.2 Å². The molecule has 4 rings (SSSR count). The Balaban J connectivity index is 1.65. The molecule has 1 aromatic heterocycles. The molecule has 2 heterocycles. The second-order valence-corrected chi connectivity index (χ2v) is 7.08. The second-order valence-electron chi connectivity index (χ2n) is 7.08. The van der Waals surface area contributed by atoms with E-state index in [1.165, 1.54) is 22.3 Å². The Morgan fingerprint density at radius 3 is 2.64 bits per heavy atom. The van der Waals surface area contributed by atoms with E-state index in [-0.39, 0.29) is 11.9 Å². The molecule has 0 unspecified atom stereocenters. The quantitative estimate of drug-likeness (QED) is 0.682. The molecule has 0 spiro atoms. The molecule has 1 aliphatic heterocycles. The number of aromatic nitrogens is 2. The van der Waals surface area contributed by atoms with Crippen LogP contribution >= 0.6 is 0 Å². The number of hydrogen-bond donors (Lipinski definition) is 0. The summed E-state index contributed by atoms with van der Waals surface area (Å²) in [5.41, 5.74) is 5.45. The van der Waals surface area contributed by atoms with Gasteiger partial charge in [-0.05, 0) is 60.7 Å². The molecule has 0 N–H and O–H groups in total. The van der Waals surface area contributed by atoms with Gasteiger partial charge in [-0.3, -0.25) is 9.48 Å². The van der Waals surface area contributed by atoms with Crippen LogP contribution in [0.4, 0.5) is 0 Å². The average molecular weight is 375 g/mol. The zero-order valence-electron chi connectivity index (χ0n) is 16.6. The molecule has 0 saturated heterocycles. The van der Waals surface area contributed by atoms with Gasteiger partial charge in [0.2, 0.25) is 0 Å². The zero-order chi connectivity index (χ0) is 19.7. The number of nitrogens with zero attached hydrogens (tertiary/aromatic N) is 3. The van der Waals surface area contributed by atoms with E-state index < -0.39 is 0 Å². The van der Waals surface area contributed by atoms with E-state index in [1.807, 2.05) is 36.2 Å². The number of methoxy groups -OCH3 is 1. The number of ether oxygens (including phenoxy) is 1. The van der Waals surface area contributed by atoms with Gasteiger partial charge in [-0.2, -0.15) is 5.10 Å². The summed E-state index contributed by atoms with van der Waals surface area (Å²) < 4.78 is 7.06. The summed E-state index contributed by atoms with van der Waals surface area (Å²) in [7, 11) is 1.68. The van der Waals surface area contributed by atoms with Crippen molar-refractivity contribution >= 4 is 5.91 Å². The number of fused-ring (bicyclic) bond motifs is 1. The number of carbonyl (C=O) groups excluding carboxylic acids is 1. The molecule has 1 atom stereocenters. The van der Waals surface area contributed by atoms with Gasteiger partial charge in [0.1, 0.15) is 11.4 Å². The highest BCUT2D eigenvalue weighted by atomic mass is 16.5. The minimum Gasteiger partial charge on any atom is -0.497 e. The Kier molecular flexibility index (Phi) is 4.90. The molecular formula is C23H25N3O2. The van der Waals surface area contributed by atoms with Crippen LogP contribution in [0.25, 0.3) is 11.1 Å². The Hall–Kier alpha value is -3.08. The molecule has 0 saturated carbocycles. The Bertz CT molecular complexity index is 991. The lowest BCUT2D eigenvalue weighted by atomic mass is 9.87. The fraction of sp³-hybridized carbons (Fsp3) is 0.304. The molecule has 1 amide bonds. The van der Waals surface area contributed by atoms with Crippen LogP contribution in [0.3, 0.4) is 0 Å². The maximum atomic E-state index is 13.0. The minimum atomic E-state index is 0.000186. The number of benzene rings is 2. The molecule has 5 heteroatoms. The van der Waals surface area contributed by atoms with Gasteiger partial charge in [-0.15, -0.1) is 0 Å². The molecule has 0 radical (unpaired) electrons. The molecule has 144 valence electrons. The van der Waals surface area contributed by atoms with E-state index in [0.717, 1.165) is 18.7 Å². The molecule has 0 fully saturated rings. The van der Waals surface area contributed by atoms with Crippen molar-refractivity contribution in [2.45, 2.75) is 32.9 Å². The fourth-order valence-electron chi connectivity index (χ4n) is 3.99. The SMILES string of the molecule is CCn1ccc(C(=O)N2CCc3c(-c4ccc(OC)cc4)cccc3[C@H]2C)n1. The van der Waals surface area contributed by atoms with Crippen LogP contribution in [-0.2, 0) is 13.0 Å². The molecular weight excluding hydrogens is 350 g/mol. The Labute approximate surface area is 165 Å². The molecule has 0 aliphatic carbocycles. The highest BCUT2D eigenvalue weighted by molar-refractivity contribution is 5.92. The Morgan fingerprint density at radius 1 is 1.18 bits per heavy atom. The summed E-state index contributed by atoms with van der Waals surface area (Å²) >= 11 is 0. The van der Waals surface area contributed by atoms with E-state index in [2.05, 4.69) is 42.4 Å². The van der Waals surface area contributed by atoms with E-state index in [1.54, 1.807) is 11.8 Å². The van der Waals surface area contributed by atoms with E-state index in [4.69, 9.17) is 4.74 Å². The highest BCUT2D eigenvalue weighted by Crippen LogP contribution is 2.36. The third kappa shape index (κ3) is 3.17. The van der Waals surface area contributed by atoms with Crippen LogP contribution in [0.1, 0.15) is 41.5 Å². The molecule has 1 aliphatic rings. The van der Waals surface area contributed by atoms with Crippen LogP contribution < -0.4 is 4.74 Å². The van der Waals surface area contributed by atoms with E-state index in [0.29, 0.717) is 12.2 Å². The van der Waals surface area contributed by atoms with Crippen LogP contribution in [0.5, 0.6) is 5.75 Å². The van der Waals surface area contributed by atoms with Crippen molar-refractivity contribution in [1.82, 2.24) is 14.7 Å². The summed E-state index contributed by atoms with van der Waals surface area (Å²) in [5.74, 6) is 0.852. The van der Waals surface area contributed by atoms with Crippen LogP contribution in [0.15, 0.2) is 54.7 Å². The van der Waals surface area contributed by atoms with Gasteiger partial charge < -0.3 is 9.64 Å². The molecule has 28 heavy (non-hydrogen) atoms. The zero-order valence-corrected chi connectivity index (χ0v) is 16.6. The number of amides is 1. The predicted molar refractivity (Wildman–Crippen MR) is 109 cm³/mol. The maximum absolute atomic E-state index is 13.0. The second kappa shape index (κ2) is 7.50. The average Bonchev–Trinajstić information content (AvgIpc) is 3.23. The standard InChI is InChI=1S/C23H25N3O2/c1-4-25-14-13-22(24-25)23(27)26-15-12-21-19(16(26)2)6-5-7-20(21)17-8-10-18(28-3)11-9-17/h5-11,13-14,16H,4,12,15H2,1-3H3/t16-/m1/s1. The van der Waals surface area contributed by atoms with Crippen LogP contribution in [-0.4, -0.2) is 34.2 Å². The molecule has 5 nitrogen and oxygen atoms in total. The van der Waals surface area contributed by atoms with E-state index >= 15 is 0 Å². The van der Waals surface area contributed by atoms with Gasteiger partial charge in [-0.1, -0.05) is 30.3 Å². The molecule has 3 aromatic rings. The third-order valence-corrected chi connectivity index (χ3v) is 5.58. The fourth-order valence-corrected chi connectivity index (χ4v) is 3.99. The molecule has 2 aromatic carbocycles. The largest absolute Gasteiger partial charge is 0.497 e. The first-order valence-electron chi connectivity index (χ1n) is 9.73. The lowest BCUT2D eigenvalue weighted by Gasteiger charge is -2.36. The lowest BCUT2D eigenvalue weighted by molar-refractivity contribution is 0.0671. The van der Waals surface area contributed by atoms with Crippen LogP contribution in [0.2, 0.25) is 0 Å². The first-order chi connectivity index (χ1) is 13.6. The number of hydrogen-bond acceptors (Lipinski definition) is 3. The predicted octanol–water partition coefficient (Wildman–Crippen LogP) is 4.34. The van der Waals surface area contributed by atoms with E-state index in [9.17, 15) is 4.79 Å². The summed E-state index contributed by atoms with van der Waals surface area (Å²) in [5, 5.41) is 4.39. The van der Waals surface area contributed by atoms with Gasteiger partial charge in [0.15, 0.2) is 0 Å². The summed E-state index contributed by atoms with van der Waals surface area (Å²) in [6, 6.07) is 16.4. The minimum absolute atomic E-state index is 0.000186. The van der Waals surface area contributed by atoms with Crippen molar-refractivity contribution in [2.24, 2.45) is 0 Å². The van der Waals surface area contributed by atoms with Crippen molar-refractivity contribution < 1.29 is 9.53 Å². The topological polar surface area (TPSA) is 47.4 Å². The lowest BCUT2D eigenvalue weighted by Crippen LogP contribution is -2.39. The summed E-state index contributed by atoms with van der Waals surface area (Å²) in [6.07, 6.45) is 2.69. The Morgan fingerprint density at radius 2 is 1.96 bits per heavy atom. The summed E-state index contributed by atoms with van der Waals surface area (Å²) in [6.45, 7) is 5.57. The van der Waals surface area contributed by atoms with Crippen molar-refractivity contribution in [1.29, 1.82) is 0 Å². The maximum Gasteiger partial charge on any atom is 0.274 e. The smallest absolute Gasteiger partial charge is 0.274 e. The number of rotatable bonds is 4. The first kappa shape index (κ1) is 18.3. The highest BCUT2D eigenvalue weighted by Gasteiger charge is 2.30. The third-order valence-electron chi connectivity index (χ3n) is 5.58. The number of aryl methyl sites for hydroxylation is 1. The first-order valence-corrected chi connectivity index (χ1v) is 9.73. The van der Waals surface area contributed by atoms with Crippen molar-refractivity contribution in [2.75, 3.05) is 13.7 Å². The van der Waals surface area contributed by atoms with Crippen LogP contribution in [0, 0.1) is 0 Å². The van der Waals surface area contributed by atoms with Gasteiger partial charge >= 0.3 is 0 Å². The normalized spacial score (nSPS) is 16.0.